The fourth-order valence-electron chi connectivity index (χ4n) is 2.94. The zero-order chi connectivity index (χ0) is 23.1. The summed E-state index contributed by atoms with van der Waals surface area (Å²) < 4.78 is 4.72. The maximum Gasteiger partial charge on any atom is 0.339 e. The number of nitrogens with one attached hydrogen (secondary N) is 2. The van der Waals surface area contributed by atoms with Gasteiger partial charge in [-0.15, -0.1) is 0 Å². The first kappa shape index (κ1) is 22.2. The van der Waals surface area contributed by atoms with Crippen molar-refractivity contribution in [3.8, 4) is 0 Å². The molecule has 0 heterocycles. The Labute approximate surface area is 183 Å². The molecule has 162 valence electrons. The number of hydrogen-bond donors (Lipinski definition) is 2. The summed E-state index contributed by atoms with van der Waals surface area (Å²) in [5.74, 6) is -1.38. The van der Waals surface area contributed by atoms with Crippen LogP contribution in [0, 0.1) is 10.1 Å². The van der Waals surface area contributed by atoms with Gasteiger partial charge in [0.2, 0.25) is 5.91 Å². The third-order valence-corrected chi connectivity index (χ3v) is 4.50. The van der Waals surface area contributed by atoms with Crippen molar-refractivity contribution >= 4 is 34.8 Å². The van der Waals surface area contributed by atoms with E-state index in [1.807, 2.05) is 0 Å². The first-order valence-electron chi connectivity index (χ1n) is 9.49. The number of hydrogen-bond acceptors (Lipinski definition) is 6. The van der Waals surface area contributed by atoms with Crippen LogP contribution < -0.4 is 10.6 Å². The first-order valence-corrected chi connectivity index (χ1v) is 9.49. The second-order valence-corrected chi connectivity index (χ2v) is 6.72. The average molecular weight is 433 g/mol. The number of esters is 1. The van der Waals surface area contributed by atoms with E-state index in [0.29, 0.717) is 16.9 Å². The summed E-state index contributed by atoms with van der Waals surface area (Å²) in [5, 5.41) is 16.1. The Kier molecular flexibility index (Phi) is 6.92. The highest BCUT2D eigenvalue weighted by molar-refractivity contribution is 6.08. The van der Waals surface area contributed by atoms with Crippen LogP contribution in [0.4, 0.5) is 17.1 Å². The number of non-ortho nitro benzene ring substituents is 1. The summed E-state index contributed by atoms with van der Waals surface area (Å²) in [6, 6.07) is 18.5. The van der Waals surface area contributed by atoms with Crippen molar-refractivity contribution in [2.24, 2.45) is 0 Å². The van der Waals surface area contributed by atoms with E-state index in [-0.39, 0.29) is 29.1 Å². The van der Waals surface area contributed by atoms with Crippen LogP contribution >= 0.6 is 0 Å². The van der Waals surface area contributed by atoms with E-state index in [1.165, 1.54) is 43.5 Å². The molecule has 2 N–H and O–H groups in total. The fraction of sp³-hybridized carbons (Fsp3) is 0.0870. The van der Waals surface area contributed by atoms with E-state index in [4.69, 9.17) is 4.74 Å². The van der Waals surface area contributed by atoms with Crippen molar-refractivity contribution in [2.45, 2.75) is 6.42 Å². The summed E-state index contributed by atoms with van der Waals surface area (Å²) in [6.45, 7) is 0. The summed E-state index contributed by atoms with van der Waals surface area (Å²) in [4.78, 5) is 47.1. The summed E-state index contributed by atoms with van der Waals surface area (Å²) in [5.41, 5.74) is 1.76. The zero-order valence-corrected chi connectivity index (χ0v) is 17.0. The fourth-order valence-corrected chi connectivity index (χ4v) is 2.94. The highest BCUT2D eigenvalue weighted by Crippen LogP contribution is 2.19. The van der Waals surface area contributed by atoms with Gasteiger partial charge in [-0.1, -0.05) is 30.3 Å². The van der Waals surface area contributed by atoms with Crippen LogP contribution in [0.25, 0.3) is 0 Å². The number of nitrogens with zero attached hydrogens (tertiary/aromatic N) is 1. The SMILES string of the molecule is COC(=O)c1ccccc1NC(=O)c1cccc(NC(=O)Cc2ccc([N+](=O)[O-])cc2)c1. The van der Waals surface area contributed by atoms with Gasteiger partial charge in [-0.3, -0.25) is 19.7 Å². The lowest BCUT2D eigenvalue weighted by molar-refractivity contribution is -0.384. The van der Waals surface area contributed by atoms with E-state index in [9.17, 15) is 24.5 Å². The maximum absolute atomic E-state index is 12.7. The topological polar surface area (TPSA) is 128 Å². The van der Waals surface area contributed by atoms with Gasteiger partial charge in [-0.25, -0.2) is 4.79 Å². The number of nitro groups is 1. The lowest BCUT2D eigenvalue weighted by Gasteiger charge is -2.11. The Morgan fingerprint density at radius 1 is 0.938 bits per heavy atom. The first-order chi connectivity index (χ1) is 15.4. The Hall–Kier alpha value is -4.53. The van der Waals surface area contributed by atoms with Crippen molar-refractivity contribution in [3.63, 3.8) is 0 Å². The molecule has 0 saturated carbocycles. The third-order valence-electron chi connectivity index (χ3n) is 4.50. The van der Waals surface area contributed by atoms with Gasteiger partial charge in [0.15, 0.2) is 0 Å². The monoisotopic (exact) mass is 433 g/mol. The molecule has 0 aliphatic rings. The Morgan fingerprint density at radius 3 is 2.34 bits per heavy atom. The molecular formula is C23H19N3O6. The average Bonchev–Trinajstić information content (AvgIpc) is 2.79. The molecule has 3 aromatic carbocycles. The highest BCUT2D eigenvalue weighted by atomic mass is 16.6. The smallest absolute Gasteiger partial charge is 0.339 e. The summed E-state index contributed by atoms with van der Waals surface area (Å²) in [7, 11) is 1.25. The molecule has 0 radical (unpaired) electrons. The van der Waals surface area contributed by atoms with E-state index in [2.05, 4.69) is 10.6 Å². The van der Waals surface area contributed by atoms with Gasteiger partial charge in [0.1, 0.15) is 0 Å². The van der Waals surface area contributed by atoms with Gasteiger partial charge in [-0.05, 0) is 35.9 Å². The van der Waals surface area contributed by atoms with Crippen molar-refractivity contribution in [3.05, 3.63) is 99.6 Å². The quantitative estimate of drug-likeness (QED) is 0.331. The molecule has 0 bridgehead atoms. The summed E-state index contributed by atoms with van der Waals surface area (Å²) >= 11 is 0. The molecule has 32 heavy (non-hydrogen) atoms. The molecular weight excluding hydrogens is 414 g/mol. The molecule has 0 spiro atoms. The Morgan fingerprint density at radius 2 is 1.66 bits per heavy atom. The minimum Gasteiger partial charge on any atom is -0.465 e. The molecule has 0 atom stereocenters. The van der Waals surface area contributed by atoms with Gasteiger partial charge in [0.25, 0.3) is 11.6 Å². The van der Waals surface area contributed by atoms with E-state index >= 15 is 0 Å². The van der Waals surface area contributed by atoms with Crippen molar-refractivity contribution in [1.29, 1.82) is 0 Å². The number of ether oxygens (including phenoxy) is 1. The van der Waals surface area contributed by atoms with Crippen LogP contribution in [-0.4, -0.2) is 29.8 Å². The van der Waals surface area contributed by atoms with Gasteiger partial charge < -0.3 is 15.4 Å². The number of para-hydroxylation sites is 1. The number of carbonyl (C=O) groups is 3. The normalized spacial score (nSPS) is 10.2. The van der Waals surface area contributed by atoms with Gasteiger partial charge >= 0.3 is 5.97 Å². The number of nitro benzene ring substituents is 1. The van der Waals surface area contributed by atoms with Crippen LogP contribution in [0.2, 0.25) is 0 Å². The van der Waals surface area contributed by atoms with Crippen LogP contribution in [0.5, 0.6) is 0 Å². The van der Waals surface area contributed by atoms with Gasteiger partial charge in [0.05, 0.1) is 29.7 Å². The molecule has 0 aliphatic carbocycles. The lowest BCUT2D eigenvalue weighted by atomic mass is 10.1. The molecule has 3 aromatic rings. The van der Waals surface area contributed by atoms with Gasteiger partial charge in [0, 0.05) is 23.4 Å². The number of rotatable bonds is 7. The maximum atomic E-state index is 12.7. The van der Waals surface area contributed by atoms with E-state index < -0.39 is 16.8 Å². The Balaban J connectivity index is 1.67. The predicted molar refractivity (Wildman–Crippen MR) is 118 cm³/mol. The molecule has 2 amide bonds. The number of carbonyl (C=O) groups excluding carboxylic acids is 3. The van der Waals surface area contributed by atoms with Crippen LogP contribution in [0.1, 0.15) is 26.3 Å². The molecule has 0 unspecified atom stereocenters. The number of amides is 2. The third kappa shape index (κ3) is 5.54. The van der Waals surface area contributed by atoms with Gasteiger partial charge in [-0.2, -0.15) is 0 Å². The standard InChI is InChI=1S/C23H19N3O6/c1-32-23(29)19-7-2-3-8-20(19)25-22(28)16-5-4-6-17(14-16)24-21(27)13-15-9-11-18(12-10-15)26(30)31/h2-12,14H,13H2,1H3,(H,24,27)(H,25,28). The molecule has 0 saturated heterocycles. The molecule has 0 aromatic heterocycles. The minimum absolute atomic E-state index is 0.0148. The van der Waals surface area contributed by atoms with Crippen molar-refractivity contribution < 1.29 is 24.0 Å². The van der Waals surface area contributed by atoms with E-state index in [1.54, 1.807) is 36.4 Å². The minimum atomic E-state index is -0.576. The molecule has 3 rings (SSSR count). The predicted octanol–water partition coefficient (Wildman–Crippen LogP) is 3.81. The number of anilines is 2. The summed E-state index contributed by atoms with van der Waals surface area (Å²) in [6.07, 6.45) is 0.0148. The largest absolute Gasteiger partial charge is 0.465 e. The van der Waals surface area contributed by atoms with E-state index in [0.717, 1.165) is 0 Å². The second kappa shape index (κ2) is 9.98. The number of benzene rings is 3. The van der Waals surface area contributed by atoms with Crippen LogP contribution in [-0.2, 0) is 16.0 Å². The zero-order valence-electron chi connectivity index (χ0n) is 17.0. The second-order valence-electron chi connectivity index (χ2n) is 6.72. The Bertz CT molecular complexity index is 1170. The number of methoxy groups -OCH3 is 1. The van der Waals surface area contributed by atoms with Crippen LogP contribution in [0.3, 0.4) is 0 Å². The van der Waals surface area contributed by atoms with Crippen molar-refractivity contribution in [1.82, 2.24) is 0 Å². The molecule has 9 heteroatoms. The highest BCUT2D eigenvalue weighted by Gasteiger charge is 2.15. The molecule has 0 fully saturated rings. The molecule has 9 nitrogen and oxygen atoms in total. The van der Waals surface area contributed by atoms with Crippen molar-refractivity contribution in [2.75, 3.05) is 17.7 Å². The molecule has 0 aliphatic heterocycles. The lowest BCUT2D eigenvalue weighted by Crippen LogP contribution is -2.17. The van der Waals surface area contributed by atoms with Crippen LogP contribution in [0.15, 0.2) is 72.8 Å².